The quantitative estimate of drug-likeness (QED) is 0.501. The molecule has 1 atom stereocenters. The minimum Gasteiger partial charge on any atom is -0.716 e. The van der Waals surface area contributed by atoms with E-state index in [0.29, 0.717) is 23.1 Å². The van der Waals surface area contributed by atoms with Crippen LogP contribution in [-0.4, -0.2) is 29.6 Å². The van der Waals surface area contributed by atoms with E-state index in [1.807, 2.05) is 6.92 Å². The summed E-state index contributed by atoms with van der Waals surface area (Å²) in [6, 6.07) is 5.32. The van der Waals surface area contributed by atoms with Gasteiger partial charge in [0.05, 0.1) is 5.56 Å². The van der Waals surface area contributed by atoms with Crippen LogP contribution in [0.3, 0.4) is 0 Å². The molecule has 2 aromatic carbocycles. The summed E-state index contributed by atoms with van der Waals surface area (Å²) in [6.45, 7) is 1.88. The first-order chi connectivity index (χ1) is 13.6. The van der Waals surface area contributed by atoms with Crippen molar-refractivity contribution in [3.63, 3.8) is 0 Å². The molecule has 0 spiro atoms. The molecule has 9 heteroatoms. The fraction of sp³-hybridized carbons (Fsp3) is 0.200. The zero-order valence-corrected chi connectivity index (χ0v) is 15.8. The first-order valence-corrected chi connectivity index (χ1v) is 10.1. The summed E-state index contributed by atoms with van der Waals surface area (Å²) in [4.78, 5) is 25.3. The van der Waals surface area contributed by atoms with E-state index < -0.39 is 21.6 Å². The molecule has 0 radical (unpaired) electrons. The van der Waals surface area contributed by atoms with Gasteiger partial charge in [-0.05, 0) is 36.2 Å². The number of hydrogen-bond acceptors (Lipinski definition) is 8. The first kappa shape index (κ1) is 17.9. The number of carbonyl (C=O) groups is 2. The number of phenolic OH excluding ortho intramolecular Hbond substituents is 1. The number of hydrogen-bond donors (Lipinski definition) is 1. The molecule has 0 bridgehead atoms. The van der Waals surface area contributed by atoms with Gasteiger partial charge in [-0.1, -0.05) is 6.92 Å². The van der Waals surface area contributed by atoms with Crippen molar-refractivity contribution in [2.24, 2.45) is 0 Å². The van der Waals surface area contributed by atoms with Crippen molar-refractivity contribution in [1.82, 2.24) is 0 Å². The van der Waals surface area contributed by atoms with Crippen molar-refractivity contribution in [3.8, 4) is 11.5 Å². The molecule has 1 heterocycles. The zero-order valence-electron chi connectivity index (χ0n) is 15.0. The number of fused-ring (bicyclic) bond motifs is 3. The summed E-state index contributed by atoms with van der Waals surface area (Å²) in [5, 5.41) is 10.6. The molecule has 3 aromatic rings. The monoisotopic (exact) mass is 413 g/mol. The van der Waals surface area contributed by atoms with E-state index in [1.54, 1.807) is 0 Å². The summed E-state index contributed by atoms with van der Waals surface area (Å²) in [6.07, 6.45) is 1.97. The van der Waals surface area contributed by atoms with Gasteiger partial charge in [-0.3, -0.25) is 9.59 Å². The molecule has 1 aromatic heterocycles. The Morgan fingerprint density at radius 3 is 2.66 bits per heavy atom. The van der Waals surface area contributed by atoms with Crippen LogP contribution in [0.15, 0.2) is 34.9 Å². The Balaban J connectivity index is 1.86. The number of benzene rings is 2. The van der Waals surface area contributed by atoms with Gasteiger partial charge in [0.2, 0.25) is 5.78 Å². The zero-order chi connectivity index (χ0) is 20.7. The van der Waals surface area contributed by atoms with E-state index in [4.69, 9.17) is 4.42 Å². The summed E-state index contributed by atoms with van der Waals surface area (Å²) >= 11 is 0. The molecule has 5 rings (SSSR count). The van der Waals surface area contributed by atoms with Gasteiger partial charge >= 0.3 is 0 Å². The second kappa shape index (κ2) is 5.46. The summed E-state index contributed by atoms with van der Waals surface area (Å²) < 4.78 is 43.4. The summed E-state index contributed by atoms with van der Waals surface area (Å²) in [7, 11) is -5.05. The molecule has 2 aliphatic rings. The Labute approximate surface area is 164 Å². The lowest BCUT2D eigenvalue weighted by Gasteiger charge is -2.38. The Morgan fingerprint density at radius 2 is 1.93 bits per heavy atom. The average Bonchev–Trinajstić information content (AvgIpc) is 3.11. The maximum absolute atomic E-state index is 13.1. The highest BCUT2D eigenvalue weighted by molar-refractivity contribution is 7.81. The fourth-order valence-electron chi connectivity index (χ4n) is 4.47. The second-order valence-corrected chi connectivity index (χ2v) is 8.44. The molecule has 0 saturated carbocycles. The molecule has 1 N–H and O–H groups in total. The molecule has 0 aliphatic heterocycles. The standard InChI is InChI=1S/C20H14O8S/c1-20-5-4-15(22)12-8-27-19(17(12)20)18(23)11-6-9-10(7-13(11)20)16(3-2-14(9)21)28-29(24,25)26/h2-3,6-8,21H,4-5H2,1H3,(H,24,25,26)/p-1. The largest absolute Gasteiger partial charge is 0.716 e. The number of carbonyl (C=O) groups excluding carboxylic acids is 2. The molecule has 2 aliphatic carbocycles. The summed E-state index contributed by atoms with van der Waals surface area (Å²) in [5.74, 6) is -0.907. The van der Waals surface area contributed by atoms with Gasteiger partial charge in [-0.2, -0.15) is 0 Å². The molecule has 8 nitrogen and oxygen atoms in total. The van der Waals surface area contributed by atoms with Gasteiger partial charge in [0.15, 0.2) is 11.5 Å². The maximum atomic E-state index is 13.1. The number of aromatic hydroxyl groups is 1. The number of phenols is 1. The highest BCUT2D eigenvalue weighted by Crippen LogP contribution is 2.51. The minimum atomic E-state index is -5.05. The van der Waals surface area contributed by atoms with Gasteiger partial charge in [0.25, 0.3) is 10.4 Å². The molecule has 1 unspecified atom stereocenters. The SMILES string of the molecule is CC12CCC(=O)c3coc(c31)C(=O)c1cc3c(O)ccc(OS(=O)(=O)[O-])c3cc12. The van der Waals surface area contributed by atoms with Crippen molar-refractivity contribution in [3.05, 3.63) is 58.5 Å². The molecular weight excluding hydrogens is 400 g/mol. The van der Waals surface area contributed by atoms with Crippen LogP contribution in [0.1, 0.15) is 57.4 Å². The lowest BCUT2D eigenvalue weighted by Crippen LogP contribution is -2.37. The Kier molecular flexibility index (Phi) is 3.37. The van der Waals surface area contributed by atoms with Crippen LogP contribution in [-0.2, 0) is 15.8 Å². The van der Waals surface area contributed by atoms with E-state index in [2.05, 4.69) is 4.18 Å². The number of Topliss-reactive ketones (excluding diaryl/α,β-unsaturated/α-hetero) is 1. The maximum Gasteiger partial charge on any atom is 0.262 e. The van der Waals surface area contributed by atoms with Crippen LogP contribution in [0.2, 0.25) is 0 Å². The van der Waals surface area contributed by atoms with Crippen molar-refractivity contribution in [2.75, 3.05) is 0 Å². The first-order valence-electron chi connectivity index (χ1n) is 8.75. The smallest absolute Gasteiger partial charge is 0.262 e. The van der Waals surface area contributed by atoms with Crippen LogP contribution in [0.5, 0.6) is 11.5 Å². The van der Waals surface area contributed by atoms with Gasteiger partial charge in [0, 0.05) is 33.7 Å². The summed E-state index contributed by atoms with van der Waals surface area (Å²) in [5.41, 5.74) is 0.978. The lowest BCUT2D eigenvalue weighted by atomic mass is 9.62. The Bertz CT molecular complexity index is 1360. The molecule has 148 valence electrons. The molecular formula is C20H13O8S-. The van der Waals surface area contributed by atoms with E-state index in [-0.39, 0.29) is 45.8 Å². The molecule has 29 heavy (non-hydrogen) atoms. The van der Waals surface area contributed by atoms with Crippen LogP contribution in [0.4, 0.5) is 0 Å². The van der Waals surface area contributed by atoms with Gasteiger partial charge in [-0.25, -0.2) is 8.42 Å². The van der Waals surface area contributed by atoms with Gasteiger partial charge < -0.3 is 18.3 Å². The Hall–Kier alpha value is -3.17. The van der Waals surface area contributed by atoms with E-state index >= 15 is 0 Å². The highest BCUT2D eigenvalue weighted by Gasteiger charge is 2.48. The van der Waals surface area contributed by atoms with Crippen LogP contribution >= 0.6 is 0 Å². The van der Waals surface area contributed by atoms with Crippen molar-refractivity contribution < 1.29 is 36.3 Å². The van der Waals surface area contributed by atoms with Crippen LogP contribution < -0.4 is 4.18 Å². The van der Waals surface area contributed by atoms with E-state index in [9.17, 15) is 27.7 Å². The second-order valence-electron chi connectivity index (χ2n) is 7.46. The van der Waals surface area contributed by atoms with Crippen LogP contribution in [0, 0.1) is 0 Å². The number of rotatable bonds is 2. The molecule has 0 fully saturated rings. The van der Waals surface area contributed by atoms with Crippen LogP contribution in [0.25, 0.3) is 10.8 Å². The predicted molar refractivity (Wildman–Crippen MR) is 98.1 cm³/mol. The Morgan fingerprint density at radius 1 is 1.17 bits per heavy atom. The van der Waals surface area contributed by atoms with Gasteiger partial charge in [-0.15, -0.1) is 0 Å². The van der Waals surface area contributed by atoms with E-state index in [0.717, 1.165) is 0 Å². The van der Waals surface area contributed by atoms with Gasteiger partial charge in [0.1, 0.15) is 17.8 Å². The third kappa shape index (κ3) is 2.37. The lowest BCUT2D eigenvalue weighted by molar-refractivity contribution is 0.0958. The van der Waals surface area contributed by atoms with Crippen molar-refractivity contribution >= 4 is 32.7 Å². The minimum absolute atomic E-state index is 0.0939. The number of ketones is 2. The van der Waals surface area contributed by atoms with E-state index in [1.165, 1.54) is 30.5 Å². The topological polar surface area (TPSA) is 134 Å². The third-order valence-corrected chi connectivity index (χ3v) is 6.21. The normalized spacial score (nSPS) is 20.5. The predicted octanol–water partition coefficient (Wildman–Crippen LogP) is 2.80. The molecule has 0 saturated heterocycles. The number of furan rings is 1. The highest BCUT2D eigenvalue weighted by atomic mass is 32.3. The third-order valence-electron chi connectivity index (χ3n) is 5.82. The van der Waals surface area contributed by atoms with Crippen molar-refractivity contribution in [2.45, 2.75) is 25.2 Å². The van der Waals surface area contributed by atoms with Crippen molar-refractivity contribution in [1.29, 1.82) is 0 Å². The molecule has 0 amide bonds. The average molecular weight is 413 g/mol. The fourth-order valence-corrected chi connectivity index (χ4v) is 4.83.